The number of carbonyl (C=O) groups is 1. The number of thiazole rings is 1. The van der Waals surface area contributed by atoms with E-state index in [9.17, 15) is 9.18 Å². The van der Waals surface area contributed by atoms with Crippen LogP contribution in [0.4, 0.5) is 9.52 Å². The number of hydrogen-bond donors (Lipinski definition) is 1. The van der Waals surface area contributed by atoms with Crippen LogP contribution < -0.4 is 5.73 Å². The number of nitrogens with zero attached hydrogens (tertiary/aromatic N) is 3. The Morgan fingerprint density at radius 2 is 2.00 bits per heavy atom. The normalized spacial score (nSPS) is 16.3. The van der Waals surface area contributed by atoms with Gasteiger partial charge >= 0.3 is 0 Å². The SMILES string of the molecule is Nc1ncc(CN2CCCN(C(=O)c3ccc(F)cc3)CC2)s1. The summed E-state index contributed by atoms with van der Waals surface area (Å²) in [5, 5.41) is 0.586. The fourth-order valence-corrected chi connectivity index (χ4v) is 3.45. The fraction of sp³-hybridized carbons (Fsp3) is 0.375. The lowest BCUT2D eigenvalue weighted by molar-refractivity contribution is 0.0761. The number of nitrogen functional groups attached to an aromatic ring is 1. The number of aromatic nitrogens is 1. The molecular weight excluding hydrogens is 315 g/mol. The molecule has 1 aromatic carbocycles. The highest BCUT2D eigenvalue weighted by Crippen LogP contribution is 2.18. The highest BCUT2D eigenvalue weighted by atomic mass is 32.1. The second kappa shape index (κ2) is 7.06. The topological polar surface area (TPSA) is 62.5 Å². The molecule has 7 heteroatoms. The van der Waals surface area contributed by atoms with Crippen LogP contribution in [-0.4, -0.2) is 46.9 Å². The molecule has 1 saturated heterocycles. The molecule has 0 radical (unpaired) electrons. The van der Waals surface area contributed by atoms with E-state index in [1.54, 1.807) is 12.1 Å². The van der Waals surface area contributed by atoms with Crippen molar-refractivity contribution in [1.29, 1.82) is 0 Å². The molecule has 0 atom stereocenters. The maximum Gasteiger partial charge on any atom is 0.253 e. The molecular formula is C16H19FN4OS. The molecule has 0 aliphatic carbocycles. The van der Waals surface area contributed by atoms with Gasteiger partial charge in [0.1, 0.15) is 5.82 Å². The molecule has 1 amide bonds. The van der Waals surface area contributed by atoms with Crippen molar-refractivity contribution in [3.05, 3.63) is 46.7 Å². The number of hydrogen-bond acceptors (Lipinski definition) is 5. The second-order valence-corrected chi connectivity index (χ2v) is 6.74. The average molecular weight is 334 g/mol. The summed E-state index contributed by atoms with van der Waals surface area (Å²) in [7, 11) is 0. The summed E-state index contributed by atoms with van der Waals surface area (Å²) in [5.41, 5.74) is 6.20. The van der Waals surface area contributed by atoms with Crippen molar-refractivity contribution in [2.24, 2.45) is 0 Å². The molecule has 122 valence electrons. The minimum atomic E-state index is -0.326. The van der Waals surface area contributed by atoms with E-state index < -0.39 is 0 Å². The maximum atomic E-state index is 13.0. The molecule has 1 aliphatic heterocycles. The smallest absolute Gasteiger partial charge is 0.253 e. The summed E-state index contributed by atoms with van der Waals surface area (Å²) in [6.45, 7) is 3.95. The van der Waals surface area contributed by atoms with Crippen molar-refractivity contribution in [1.82, 2.24) is 14.8 Å². The first-order valence-corrected chi connectivity index (χ1v) is 8.41. The monoisotopic (exact) mass is 334 g/mol. The van der Waals surface area contributed by atoms with Crippen molar-refractivity contribution < 1.29 is 9.18 Å². The molecule has 3 rings (SSSR count). The van der Waals surface area contributed by atoms with Gasteiger partial charge in [0.15, 0.2) is 5.13 Å². The lowest BCUT2D eigenvalue weighted by atomic mass is 10.2. The molecule has 0 bridgehead atoms. The molecule has 2 heterocycles. The van der Waals surface area contributed by atoms with E-state index in [1.807, 2.05) is 11.1 Å². The second-order valence-electron chi connectivity index (χ2n) is 5.59. The Hall–Kier alpha value is -1.99. The van der Waals surface area contributed by atoms with Gasteiger partial charge in [-0.05, 0) is 30.7 Å². The number of carbonyl (C=O) groups excluding carboxylic acids is 1. The molecule has 23 heavy (non-hydrogen) atoms. The first kappa shape index (κ1) is 15.9. The van der Waals surface area contributed by atoms with Crippen LogP contribution in [0.5, 0.6) is 0 Å². The Bertz CT molecular complexity index is 673. The Labute approximate surface area is 138 Å². The first-order valence-electron chi connectivity index (χ1n) is 7.59. The van der Waals surface area contributed by atoms with E-state index in [-0.39, 0.29) is 11.7 Å². The van der Waals surface area contributed by atoms with Crippen molar-refractivity contribution in [2.45, 2.75) is 13.0 Å². The maximum absolute atomic E-state index is 13.0. The van der Waals surface area contributed by atoms with Gasteiger partial charge < -0.3 is 10.6 Å². The minimum Gasteiger partial charge on any atom is -0.375 e. The summed E-state index contributed by atoms with van der Waals surface area (Å²) < 4.78 is 13.0. The fourth-order valence-electron chi connectivity index (χ4n) is 2.72. The number of benzene rings is 1. The van der Waals surface area contributed by atoms with Gasteiger partial charge in [0, 0.05) is 49.4 Å². The van der Waals surface area contributed by atoms with E-state index in [0.29, 0.717) is 17.2 Å². The van der Waals surface area contributed by atoms with Crippen LogP contribution in [0, 0.1) is 5.82 Å². The van der Waals surface area contributed by atoms with Crippen LogP contribution in [0.1, 0.15) is 21.7 Å². The quantitative estimate of drug-likeness (QED) is 0.935. The van der Waals surface area contributed by atoms with E-state index in [4.69, 9.17) is 5.73 Å². The molecule has 1 fully saturated rings. The third-order valence-corrected chi connectivity index (χ3v) is 4.73. The Morgan fingerprint density at radius 1 is 1.22 bits per heavy atom. The van der Waals surface area contributed by atoms with Crippen LogP contribution in [0.15, 0.2) is 30.5 Å². The molecule has 0 unspecified atom stereocenters. The van der Waals surface area contributed by atoms with Crippen LogP contribution in [0.3, 0.4) is 0 Å². The zero-order chi connectivity index (χ0) is 16.2. The van der Waals surface area contributed by atoms with E-state index in [1.165, 1.54) is 23.5 Å². The van der Waals surface area contributed by atoms with Crippen molar-refractivity contribution >= 4 is 22.4 Å². The average Bonchev–Trinajstić information content (AvgIpc) is 2.81. The molecule has 1 aromatic heterocycles. The third-order valence-electron chi connectivity index (χ3n) is 3.92. The largest absolute Gasteiger partial charge is 0.375 e. The Morgan fingerprint density at radius 3 is 2.70 bits per heavy atom. The standard InChI is InChI=1S/C16H19FN4OS/c17-13-4-2-12(3-5-13)15(22)21-7-1-6-20(8-9-21)11-14-10-19-16(18)23-14/h2-5,10H,1,6-9,11H2,(H2,18,19). The van der Waals surface area contributed by atoms with Crippen molar-refractivity contribution in [2.75, 3.05) is 31.9 Å². The van der Waals surface area contributed by atoms with Crippen molar-refractivity contribution in [3.8, 4) is 0 Å². The Kier molecular flexibility index (Phi) is 4.88. The zero-order valence-corrected chi connectivity index (χ0v) is 13.6. The zero-order valence-electron chi connectivity index (χ0n) is 12.7. The lowest BCUT2D eigenvalue weighted by Crippen LogP contribution is -2.35. The molecule has 2 aromatic rings. The molecule has 2 N–H and O–H groups in total. The highest BCUT2D eigenvalue weighted by molar-refractivity contribution is 7.15. The van der Waals surface area contributed by atoms with Gasteiger partial charge in [-0.2, -0.15) is 0 Å². The number of anilines is 1. The summed E-state index contributed by atoms with van der Waals surface area (Å²) in [4.78, 5) is 21.9. The predicted octanol–water partition coefficient (Wildman–Crippen LogP) is 2.21. The summed E-state index contributed by atoms with van der Waals surface area (Å²) in [6, 6.07) is 5.73. The number of amides is 1. The number of nitrogens with two attached hydrogens (primary N) is 1. The van der Waals surface area contributed by atoms with Gasteiger partial charge in [0.2, 0.25) is 0 Å². The van der Waals surface area contributed by atoms with Gasteiger partial charge in [-0.15, -0.1) is 11.3 Å². The van der Waals surface area contributed by atoms with Crippen LogP contribution in [-0.2, 0) is 6.54 Å². The molecule has 0 saturated carbocycles. The van der Waals surface area contributed by atoms with E-state index in [2.05, 4.69) is 9.88 Å². The number of rotatable bonds is 3. The Balaban J connectivity index is 1.59. The molecule has 5 nitrogen and oxygen atoms in total. The molecule has 1 aliphatic rings. The highest BCUT2D eigenvalue weighted by Gasteiger charge is 2.20. The van der Waals surface area contributed by atoms with E-state index >= 15 is 0 Å². The molecule has 0 spiro atoms. The van der Waals surface area contributed by atoms with E-state index in [0.717, 1.165) is 37.5 Å². The van der Waals surface area contributed by atoms with Gasteiger partial charge in [-0.1, -0.05) is 0 Å². The van der Waals surface area contributed by atoms with Gasteiger partial charge in [0.25, 0.3) is 5.91 Å². The number of halogens is 1. The lowest BCUT2D eigenvalue weighted by Gasteiger charge is -2.21. The van der Waals surface area contributed by atoms with Crippen LogP contribution >= 0.6 is 11.3 Å². The summed E-state index contributed by atoms with van der Waals surface area (Å²) in [5.74, 6) is -0.360. The van der Waals surface area contributed by atoms with Gasteiger partial charge in [-0.3, -0.25) is 9.69 Å². The first-order chi connectivity index (χ1) is 11.1. The van der Waals surface area contributed by atoms with Gasteiger partial charge in [-0.25, -0.2) is 9.37 Å². The van der Waals surface area contributed by atoms with Crippen LogP contribution in [0.25, 0.3) is 0 Å². The van der Waals surface area contributed by atoms with Crippen LogP contribution in [0.2, 0.25) is 0 Å². The summed E-state index contributed by atoms with van der Waals surface area (Å²) in [6.07, 6.45) is 2.73. The predicted molar refractivity (Wildman–Crippen MR) is 88.7 cm³/mol. The third kappa shape index (κ3) is 4.05. The van der Waals surface area contributed by atoms with Crippen molar-refractivity contribution in [3.63, 3.8) is 0 Å². The minimum absolute atomic E-state index is 0.0334. The van der Waals surface area contributed by atoms with Gasteiger partial charge in [0.05, 0.1) is 0 Å². The summed E-state index contributed by atoms with van der Waals surface area (Å²) >= 11 is 1.50.